The summed E-state index contributed by atoms with van der Waals surface area (Å²) < 4.78 is 6.90. The van der Waals surface area contributed by atoms with Crippen LogP contribution in [0.2, 0.25) is 0 Å². The first-order valence-electron chi connectivity index (χ1n) is 8.35. The van der Waals surface area contributed by atoms with Crippen molar-refractivity contribution in [3.05, 3.63) is 21.9 Å². The van der Waals surface area contributed by atoms with Gasteiger partial charge in [-0.05, 0) is 61.7 Å². The summed E-state index contributed by atoms with van der Waals surface area (Å²) in [5.41, 5.74) is 1.64. The van der Waals surface area contributed by atoms with Gasteiger partial charge in [0.15, 0.2) is 0 Å². The van der Waals surface area contributed by atoms with Gasteiger partial charge in [0.05, 0.1) is 6.10 Å². The summed E-state index contributed by atoms with van der Waals surface area (Å²) in [5, 5.41) is 2.32. The average molecular weight is 289 g/mol. The Hall–Kier alpha value is -0.380. The number of nitrogens with zero attached hydrogens (tertiary/aromatic N) is 1. The van der Waals surface area contributed by atoms with Gasteiger partial charge in [0.2, 0.25) is 0 Å². The maximum atomic E-state index is 6.90. The van der Waals surface area contributed by atoms with Crippen LogP contribution in [0, 0.1) is 5.92 Å². The van der Waals surface area contributed by atoms with Crippen molar-refractivity contribution < 1.29 is 4.74 Å². The summed E-state index contributed by atoms with van der Waals surface area (Å²) in [6, 6.07) is 2.40. The fourth-order valence-corrected chi connectivity index (χ4v) is 6.45. The number of ether oxygens (including phenoxy) is 1. The van der Waals surface area contributed by atoms with Crippen LogP contribution in [0.15, 0.2) is 11.4 Å². The molecule has 4 fully saturated rings. The van der Waals surface area contributed by atoms with Crippen LogP contribution in [0.3, 0.4) is 0 Å². The second-order valence-electron chi connectivity index (χ2n) is 7.19. The molecule has 5 aliphatic rings. The van der Waals surface area contributed by atoms with Crippen molar-refractivity contribution in [2.75, 3.05) is 19.6 Å². The molecular weight excluding hydrogens is 266 g/mol. The summed E-state index contributed by atoms with van der Waals surface area (Å²) in [6.07, 6.45) is 8.59. The Morgan fingerprint density at radius 2 is 2.00 bits per heavy atom. The first-order valence-corrected chi connectivity index (χ1v) is 9.23. The molecule has 1 saturated carbocycles. The minimum Gasteiger partial charge on any atom is -0.365 e. The first kappa shape index (κ1) is 12.2. The lowest BCUT2D eigenvalue weighted by Gasteiger charge is -2.57. The SMILES string of the molecule is c1cc2c(s1)[C@H]1CCCC[C@H]1O[C@@]21CN2CCC1CC2. The molecule has 6 rings (SSSR count). The largest absolute Gasteiger partial charge is 0.365 e. The van der Waals surface area contributed by atoms with Crippen LogP contribution in [0.25, 0.3) is 0 Å². The Labute approximate surface area is 125 Å². The minimum atomic E-state index is 0.0599. The molecular formula is C17H23NOS. The van der Waals surface area contributed by atoms with Crippen LogP contribution >= 0.6 is 11.3 Å². The molecule has 108 valence electrons. The lowest BCUT2D eigenvalue weighted by molar-refractivity contribution is -0.206. The highest BCUT2D eigenvalue weighted by Gasteiger charge is 2.55. The Bertz CT molecular complexity index is 519. The molecule has 3 atom stereocenters. The molecule has 1 aromatic heterocycles. The third-order valence-corrected chi connectivity index (χ3v) is 7.31. The van der Waals surface area contributed by atoms with Crippen LogP contribution in [0.5, 0.6) is 0 Å². The van der Waals surface area contributed by atoms with Crippen molar-refractivity contribution in [2.24, 2.45) is 5.92 Å². The van der Waals surface area contributed by atoms with Gasteiger partial charge in [-0.1, -0.05) is 12.8 Å². The third-order valence-electron chi connectivity index (χ3n) is 6.26. The normalized spacial score (nSPS) is 46.2. The lowest BCUT2D eigenvalue weighted by Crippen LogP contribution is -2.61. The van der Waals surface area contributed by atoms with E-state index in [1.807, 2.05) is 11.3 Å². The molecule has 1 spiro atoms. The van der Waals surface area contributed by atoms with E-state index in [4.69, 9.17) is 4.74 Å². The van der Waals surface area contributed by atoms with E-state index in [1.165, 1.54) is 51.6 Å². The van der Waals surface area contributed by atoms with Gasteiger partial charge in [0, 0.05) is 17.3 Å². The monoisotopic (exact) mass is 289 g/mol. The molecule has 2 bridgehead atoms. The molecule has 0 N–H and O–H groups in total. The maximum Gasteiger partial charge on any atom is 0.110 e. The van der Waals surface area contributed by atoms with Gasteiger partial charge in [-0.15, -0.1) is 11.3 Å². The van der Waals surface area contributed by atoms with Crippen LogP contribution in [0.4, 0.5) is 0 Å². The predicted octanol–water partition coefficient (Wildman–Crippen LogP) is 3.73. The quantitative estimate of drug-likeness (QED) is 0.721. The first-order chi connectivity index (χ1) is 9.87. The lowest BCUT2D eigenvalue weighted by atomic mass is 9.67. The number of hydrogen-bond donors (Lipinski definition) is 0. The summed E-state index contributed by atoms with van der Waals surface area (Å²) in [5.74, 6) is 1.48. The minimum absolute atomic E-state index is 0.0599. The third kappa shape index (κ3) is 1.52. The summed E-state index contributed by atoms with van der Waals surface area (Å²) in [7, 11) is 0. The van der Waals surface area contributed by atoms with Crippen LogP contribution in [-0.4, -0.2) is 30.6 Å². The fourth-order valence-electron chi connectivity index (χ4n) is 5.29. The van der Waals surface area contributed by atoms with E-state index in [2.05, 4.69) is 16.3 Å². The molecule has 20 heavy (non-hydrogen) atoms. The van der Waals surface area contributed by atoms with E-state index in [0.29, 0.717) is 12.0 Å². The highest BCUT2D eigenvalue weighted by Crippen LogP contribution is 2.55. The second-order valence-corrected chi connectivity index (χ2v) is 8.13. The molecule has 1 aromatic rings. The Morgan fingerprint density at radius 1 is 1.15 bits per heavy atom. The fraction of sp³-hybridized carbons (Fsp3) is 0.765. The van der Waals surface area contributed by atoms with Gasteiger partial charge in [-0.25, -0.2) is 0 Å². The smallest absolute Gasteiger partial charge is 0.110 e. The Kier molecular flexibility index (Phi) is 2.63. The molecule has 4 aliphatic heterocycles. The van der Waals surface area contributed by atoms with Crippen molar-refractivity contribution in [3.63, 3.8) is 0 Å². The van der Waals surface area contributed by atoms with Gasteiger partial charge in [0.1, 0.15) is 5.60 Å². The number of rotatable bonds is 0. The second kappa shape index (κ2) is 4.31. The van der Waals surface area contributed by atoms with E-state index in [0.717, 1.165) is 12.5 Å². The molecule has 3 heteroatoms. The van der Waals surface area contributed by atoms with Crippen molar-refractivity contribution in [3.8, 4) is 0 Å². The van der Waals surface area contributed by atoms with Gasteiger partial charge in [-0.2, -0.15) is 0 Å². The number of fused-ring (bicyclic) bond motifs is 5. The van der Waals surface area contributed by atoms with Crippen LogP contribution in [0.1, 0.15) is 54.9 Å². The molecule has 0 aromatic carbocycles. The van der Waals surface area contributed by atoms with Crippen LogP contribution < -0.4 is 0 Å². The van der Waals surface area contributed by atoms with E-state index in [-0.39, 0.29) is 5.60 Å². The van der Waals surface area contributed by atoms with Gasteiger partial charge in [0.25, 0.3) is 0 Å². The Balaban J connectivity index is 1.63. The van der Waals surface area contributed by atoms with Crippen molar-refractivity contribution in [1.29, 1.82) is 0 Å². The number of thiophene rings is 1. The topological polar surface area (TPSA) is 12.5 Å². The zero-order valence-corrected chi connectivity index (χ0v) is 12.8. The zero-order valence-electron chi connectivity index (χ0n) is 12.0. The van der Waals surface area contributed by atoms with Crippen molar-refractivity contribution in [1.82, 2.24) is 4.90 Å². The number of hydrogen-bond acceptors (Lipinski definition) is 3. The summed E-state index contributed by atoms with van der Waals surface area (Å²) in [4.78, 5) is 4.33. The predicted molar refractivity (Wildman–Crippen MR) is 81.2 cm³/mol. The summed E-state index contributed by atoms with van der Waals surface area (Å²) >= 11 is 2.01. The number of piperidine rings is 3. The van der Waals surface area contributed by atoms with Crippen molar-refractivity contribution in [2.45, 2.75) is 56.1 Å². The maximum absolute atomic E-state index is 6.90. The average Bonchev–Trinajstić information content (AvgIpc) is 2.99. The highest BCUT2D eigenvalue weighted by molar-refractivity contribution is 7.10. The molecule has 0 radical (unpaired) electrons. The van der Waals surface area contributed by atoms with E-state index >= 15 is 0 Å². The molecule has 5 heterocycles. The van der Waals surface area contributed by atoms with Gasteiger partial charge >= 0.3 is 0 Å². The van der Waals surface area contributed by atoms with Gasteiger partial charge < -0.3 is 9.64 Å². The van der Waals surface area contributed by atoms with E-state index < -0.39 is 0 Å². The molecule has 3 saturated heterocycles. The zero-order chi connectivity index (χ0) is 13.2. The highest BCUT2D eigenvalue weighted by atomic mass is 32.1. The molecule has 0 unspecified atom stereocenters. The summed E-state index contributed by atoms with van der Waals surface area (Å²) in [6.45, 7) is 3.75. The molecule has 0 amide bonds. The van der Waals surface area contributed by atoms with E-state index in [1.54, 1.807) is 10.4 Å². The molecule has 2 nitrogen and oxygen atoms in total. The van der Waals surface area contributed by atoms with E-state index in [9.17, 15) is 0 Å². The Morgan fingerprint density at radius 3 is 2.80 bits per heavy atom. The molecule has 1 aliphatic carbocycles. The van der Waals surface area contributed by atoms with Crippen LogP contribution in [-0.2, 0) is 10.3 Å². The van der Waals surface area contributed by atoms with Crippen molar-refractivity contribution >= 4 is 11.3 Å². The standard InChI is InChI=1S/C17H23NOS/c1-2-4-15-13(3-1)16-14(7-10-20-16)17(19-15)11-18-8-5-12(17)6-9-18/h7,10,12-13,15H,1-6,8-9,11H2/t13-,15+,17+/m0/s1. The van der Waals surface area contributed by atoms with Gasteiger partial charge in [-0.3, -0.25) is 0 Å².